The zero-order chi connectivity index (χ0) is 15.2. The van der Waals surface area contributed by atoms with E-state index in [1.54, 1.807) is 24.6 Å². The van der Waals surface area contributed by atoms with Gasteiger partial charge in [0, 0.05) is 30.2 Å². The number of nitrogens with zero attached hydrogens (tertiary/aromatic N) is 2. The highest BCUT2D eigenvalue weighted by Gasteiger charge is 2.06. The Hall–Kier alpha value is -2.02. The van der Waals surface area contributed by atoms with Crippen LogP contribution in [0.3, 0.4) is 0 Å². The number of guanidine groups is 1. The minimum Gasteiger partial charge on any atom is -0.352 e. The van der Waals surface area contributed by atoms with E-state index in [0.29, 0.717) is 12.5 Å². The molecular weight excluding hydrogens is 294 g/mol. The Balaban J connectivity index is 1.89. The van der Waals surface area contributed by atoms with Crippen molar-refractivity contribution in [3.63, 3.8) is 0 Å². The third-order valence-corrected chi connectivity index (χ3v) is 3.67. The summed E-state index contributed by atoms with van der Waals surface area (Å²) in [5.74, 6) is -0.407. The van der Waals surface area contributed by atoms with E-state index in [0.717, 1.165) is 22.0 Å². The van der Waals surface area contributed by atoms with Gasteiger partial charge in [0.05, 0.1) is 6.54 Å². The molecule has 0 fully saturated rings. The van der Waals surface area contributed by atoms with E-state index in [4.69, 9.17) is 0 Å². The Kier molecular flexibility index (Phi) is 5.21. The molecule has 0 aliphatic heterocycles. The molecule has 0 unspecified atom stereocenters. The Morgan fingerprint density at radius 1 is 1.29 bits per heavy atom. The molecular formula is C14H16F2N4S. The third-order valence-electron chi connectivity index (χ3n) is 2.75. The molecule has 2 rings (SSSR count). The number of rotatable bonds is 4. The van der Waals surface area contributed by atoms with Crippen molar-refractivity contribution >= 4 is 17.3 Å². The summed E-state index contributed by atoms with van der Waals surface area (Å²) in [5.41, 5.74) is 0.253. The molecule has 0 saturated carbocycles. The number of hydrogen-bond donors (Lipinski definition) is 2. The molecule has 0 saturated heterocycles. The van der Waals surface area contributed by atoms with Crippen molar-refractivity contribution in [3.8, 4) is 0 Å². The maximum atomic E-state index is 13.5. The summed E-state index contributed by atoms with van der Waals surface area (Å²) < 4.78 is 26.6. The van der Waals surface area contributed by atoms with Crippen LogP contribution < -0.4 is 10.6 Å². The Labute approximate surface area is 125 Å². The van der Waals surface area contributed by atoms with E-state index in [9.17, 15) is 8.78 Å². The smallest absolute Gasteiger partial charge is 0.191 e. The fraction of sp³-hybridized carbons (Fsp3) is 0.286. The Bertz CT molecular complexity index is 640. The molecule has 0 atom stereocenters. The number of halogens is 2. The van der Waals surface area contributed by atoms with Gasteiger partial charge in [-0.25, -0.2) is 13.8 Å². The molecule has 0 aliphatic rings. The van der Waals surface area contributed by atoms with Gasteiger partial charge in [-0.2, -0.15) is 0 Å². The number of nitrogens with one attached hydrogen (secondary N) is 2. The summed E-state index contributed by atoms with van der Waals surface area (Å²) in [7, 11) is 1.62. The maximum Gasteiger partial charge on any atom is 0.191 e. The molecule has 1 aromatic carbocycles. The van der Waals surface area contributed by atoms with Crippen molar-refractivity contribution in [3.05, 3.63) is 51.5 Å². The van der Waals surface area contributed by atoms with E-state index >= 15 is 0 Å². The van der Waals surface area contributed by atoms with Gasteiger partial charge in [0.15, 0.2) is 5.96 Å². The molecule has 7 heteroatoms. The molecule has 0 bridgehead atoms. The molecule has 0 amide bonds. The van der Waals surface area contributed by atoms with Crippen molar-refractivity contribution in [1.29, 1.82) is 0 Å². The molecule has 112 valence electrons. The molecule has 2 aromatic rings. The largest absolute Gasteiger partial charge is 0.352 e. The highest BCUT2D eigenvalue weighted by Crippen LogP contribution is 2.11. The quantitative estimate of drug-likeness (QED) is 0.674. The van der Waals surface area contributed by atoms with Crippen LogP contribution in [-0.4, -0.2) is 18.0 Å². The van der Waals surface area contributed by atoms with Crippen LogP contribution in [-0.2, 0) is 13.1 Å². The van der Waals surface area contributed by atoms with E-state index in [-0.39, 0.29) is 12.1 Å². The fourth-order valence-electron chi connectivity index (χ4n) is 1.72. The third kappa shape index (κ3) is 4.49. The van der Waals surface area contributed by atoms with Crippen molar-refractivity contribution in [1.82, 2.24) is 15.6 Å². The van der Waals surface area contributed by atoms with Crippen LogP contribution >= 0.6 is 11.3 Å². The number of aryl methyl sites for hydroxylation is 1. The fourth-order valence-corrected chi connectivity index (χ4v) is 2.45. The minimum absolute atomic E-state index is 0.153. The van der Waals surface area contributed by atoms with Crippen LogP contribution in [0.4, 0.5) is 8.78 Å². The molecule has 2 N–H and O–H groups in total. The van der Waals surface area contributed by atoms with Gasteiger partial charge in [-0.15, -0.1) is 11.3 Å². The van der Waals surface area contributed by atoms with Gasteiger partial charge in [0.2, 0.25) is 0 Å². The summed E-state index contributed by atoms with van der Waals surface area (Å²) >= 11 is 1.59. The topological polar surface area (TPSA) is 49.3 Å². The van der Waals surface area contributed by atoms with E-state index in [1.165, 1.54) is 6.07 Å². The van der Waals surface area contributed by atoms with Crippen molar-refractivity contribution in [2.24, 2.45) is 4.99 Å². The molecule has 0 radical (unpaired) electrons. The molecule has 21 heavy (non-hydrogen) atoms. The second kappa shape index (κ2) is 7.12. The van der Waals surface area contributed by atoms with E-state index in [2.05, 4.69) is 20.6 Å². The van der Waals surface area contributed by atoms with Gasteiger partial charge in [-0.3, -0.25) is 4.99 Å². The lowest BCUT2D eigenvalue weighted by Crippen LogP contribution is -2.36. The average molecular weight is 310 g/mol. The monoisotopic (exact) mass is 310 g/mol. The van der Waals surface area contributed by atoms with Gasteiger partial charge in [-0.1, -0.05) is 0 Å². The Morgan fingerprint density at radius 3 is 2.71 bits per heavy atom. The SMILES string of the molecule is CN=C(NCc1ncc(C)s1)NCc1cc(F)ccc1F. The first-order chi connectivity index (χ1) is 10.1. The Morgan fingerprint density at radius 2 is 2.05 bits per heavy atom. The predicted molar refractivity (Wildman–Crippen MR) is 80.2 cm³/mol. The lowest BCUT2D eigenvalue weighted by atomic mass is 10.2. The lowest BCUT2D eigenvalue weighted by Gasteiger charge is -2.11. The number of benzene rings is 1. The summed E-state index contributed by atoms with van der Waals surface area (Å²) in [6.45, 7) is 2.67. The standard InChI is InChI=1S/C14H16F2N4S/c1-9-6-18-13(21-9)8-20-14(17-2)19-7-10-5-11(15)3-4-12(10)16/h3-6H,7-8H2,1-2H3,(H2,17,19,20). The van der Waals surface area contributed by atoms with Crippen LogP contribution in [0.15, 0.2) is 29.4 Å². The maximum absolute atomic E-state index is 13.5. The predicted octanol–water partition coefficient (Wildman–Crippen LogP) is 2.59. The number of thiazole rings is 1. The van der Waals surface area contributed by atoms with Gasteiger partial charge in [0.1, 0.15) is 16.6 Å². The summed E-state index contributed by atoms with van der Waals surface area (Å²) in [5, 5.41) is 6.95. The van der Waals surface area contributed by atoms with E-state index < -0.39 is 11.6 Å². The molecule has 1 heterocycles. The summed E-state index contributed by atoms with van der Waals surface area (Å²) in [6.07, 6.45) is 1.81. The van der Waals surface area contributed by atoms with Crippen LogP contribution in [0.2, 0.25) is 0 Å². The van der Waals surface area contributed by atoms with Crippen molar-refractivity contribution < 1.29 is 8.78 Å². The molecule has 4 nitrogen and oxygen atoms in total. The first kappa shape index (κ1) is 15.4. The van der Waals surface area contributed by atoms with Gasteiger partial charge in [-0.05, 0) is 25.1 Å². The van der Waals surface area contributed by atoms with Gasteiger partial charge < -0.3 is 10.6 Å². The first-order valence-corrected chi connectivity index (χ1v) is 7.20. The molecule has 0 aliphatic carbocycles. The number of aliphatic imine (C=N–C) groups is 1. The molecule has 1 aromatic heterocycles. The van der Waals surface area contributed by atoms with Crippen LogP contribution in [0.5, 0.6) is 0 Å². The second-order valence-corrected chi connectivity index (χ2v) is 5.70. The molecule has 0 spiro atoms. The minimum atomic E-state index is -0.464. The zero-order valence-corrected chi connectivity index (χ0v) is 12.6. The van der Waals surface area contributed by atoms with Crippen molar-refractivity contribution in [2.45, 2.75) is 20.0 Å². The van der Waals surface area contributed by atoms with Crippen molar-refractivity contribution in [2.75, 3.05) is 7.05 Å². The zero-order valence-electron chi connectivity index (χ0n) is 11.8. The lowest BCUT2D eigenvalue weighted by molar-refractivity contribution is 0.581. The van der Waals surface area contributed by atoms with Gasteiger partial charge >= 0.3 is 0 Å². The second-order valence-electron chi connectivity index (χ2n) is 4.38. The first-order valence-electron chi connectivity index (χ1n) is 6.38. The van der Waals surface area contributed by atoms with Gasteiger partial charge in [0.25, 0.3) is 0 Å². The van der Waals surface area contributed by atoms with Crippen LogP contribution in [0.25, 0.3) is 0 Å². The summed E-state index contributed by atoms with van der Waals surface area (Å²) in [4.78, 5) is 9.40. The van der Waals surface area contributed by atoms with E-state index in [1.807, 2.05) is 6.92 Å². The average Bonchev–Trinajstić information content (AvgIpc) is 2.88. The normalized spacial score (nSPS) is 11.5. The number of hydrogen-bond acceptors (Lipinski definition) is 3. The van der Waals surface area contributed by atoms with Crippen LogP contribution in [0.1, 0.15) is 15.4 Å². The highest BCUT2D eigenvalue weighted by molar-refractivity contribution is 7.11. The van der Waals surface area contributed by atoms with Crippen LogP contribution in [0, 0.1) is 18.6 Å². The summed E-state index contributed by atoms with van der Waals surface area (Å²) in [6, 6.07) is 3.37. The highest BCUT2D eigenvalue weighted by atomic mass is 32.1. The number of aromatic nitrogens is 1.